The first-order valence-electron chi connectivity index (χ1n) is 3.32. The van der Waals surface area contributed by atoms with Gasteiger partial charge in [-0.05, 0) is 9.91 Å². The van der Waals surface area contributed by atoms with Crippen LogP contribution in [0, 0.1) is 10.1 Å². The third-order valence-corrected chi connectivity index (χ3v) is 1.85. The summed E-state index contributed by atoms with van der Waals surface area (Å²) in [6.07, 6.45) is -2.87. The summed E-state index contributed by atoms with van der Waals surface area (Å²) in [5.74, 6) is -0.769. The number of hydrogen-bond donors (Lipinski definition) is 1. The van der Waals surface area contributed by atoms with Crippen LogP contribution in [0.2, 0.25) is 0 Å². The molecule has 0 aromatic carbocycles. The second kappa shape index (κ2) is 3.82. The third kappa shape index (κ3) is 1.95. The summed E-state index contributed by atoms with van der Waals surface area (Å²) in [4.78, 5) is 12.8. The first-order valence-corrected chi connectivity index (χ1v) is 4.11. The lowest BCUT2D eigenvalue weighted by Gasteiger charge is -2.03. The second-order valence-electron chi connectivity index (χ2n) is 2.33. The third-order valence-electron chi connectivity index (χ3n) is 1.45. The summed E-state index contributed by atoms with van der Waals surface area (Å²) in [7, 11) is 0. The molecule has 0 atom stereocenters. The van der Waals surface area contributed by atoms with Gasteiger partial charge in [-0.2, -0.15) is 0 Å². The van der Waals surface area contributed by atoms with E-state index in [0.717, 1.165) is 6.07 Å². The van der Waals surface area contributed by atoms with Crippen molar-refractivity contribution in [3.8, 4) is 0 Å². The molecule has 1 aromatic rings. The number of nitrogens with two attached hydrogens (primary N) is 1. The summed E-state index contributed by atoms with van der Waals surface area (Å²) < 4.78 is 24.6. The van der Waals surface area contributed by atoms with E-state index in [0.29, 0.717) is 0 Å². The number of alkyl halides is 2. The molecule has 0 amide bonds. The monoisotopic (exact) mass is 267 g/mol. The molecule has 76 valence electrons. The van der Waals surface area contributed by atoms with Gasteiger partial charge in [-0.3, -0.25) is 0 Å². The Morgan fingerprint density at radius 2 is 2.21 bits per heavy atom. The smallest absolute Gasteiger partial charge is 0.388 e. The zero-order valence-corrected chi connectivity index (χ0v) is 8.16. The van der Waals surface area contributed by atoms with E-state index in [2.05, 4.69) is 20.9 Å². The average Bonchev–Trinajstić information content (AvgIpc) is 2.07. The molecule has 0 fully saturated rings. The normalized spacial score (nSPS) is 10.6. The minimum Gasteiger partial charge on any atom is -0.391 e. The zero-order chi connectivity index (χ0) is 10.9. The van der Waals surface area contributed by atoms with Crippen molar-refractivity contribution < 1.29 is 13.7 Å². The highest BCUT2D eigenvalue weighted by atomic mass is 79.9. The predicted octanol–water partition coefficient (Wildman–Crippen LogP) is 2.27. The van der Waals surface area contributed by atoms with Crippen LogP contribution in [0.3, 0.4) is 0 Å². The number of nitrogen functional groups attached to an aromatic ring is 1. The first kappa shape index (κ1) is 10.8. The fourth-order valence-corrected chi connectivity index (χ4v) is 1.26. The van der Waals surface area contributed by atoms with Gasteiger partial charge in [-0.25, -0.2) is 8.78 Å². The molecule has 0 radical (unpaired) electrons. The van der Waals surface area contributed by atoms with Gasteiger partial charge in [0, 0.05) is 22.0 Å². The lowest BCUT2D eigenvalue weighted by Crippen LogP contribution is -2.03. The Morgan fingerprint density at radius 1 is 1.64 bits per heavy atom. The molecule has 8 heteroatoms. The summed E-state index contributed by atoms with van der Waals surface area (Å²) in [6, 6.07) is 0.951. The molecule has 5 nitrogen and oxygen atoms in total. The van der Waals surface area contributed by atoms with Crippen molar-refractivity contribution in [3.05, 3.63) is 26.3 Å². The molecule has 0 spiro atoms. The van der Waals surface area contributed by atoms with Gasteiger partial charge in [0.1, 0.15) is 5.69 Å². The molecular weight excluding hydrogens is 264 g/mol. The Labute approximate surface area is 85.2 Å². The van der Waals surface area contributed by atoms with Crippen molar-refractivity contribution in [1.29, 1.82) is 0 Å². The highest BCUT2D eigenvalue weighted by molar-refractivity contribution is 9.10. The van der Waals surface area contributed by atoms with Crippen LogP contribution in [-0.4, -0.2) is 9.91 Å². The van der Waals surface area contributed by atoms with Gasteiger partial charge in [0.25, 0.3) is 6.43 Å². The zero-order valence-electron chi connectivity index (χ0n) is 6.58. The molecule has 1 aromatic heterocycles. The van der Waals surface area contributed by atoms with Crippen molar-refractivity contribution >= 4 is 27.4 Å². The molecule has 0 aliphatic heterocycles. The van der Waals surface area contributed by atoms with E-state index in [1.165, 1.54) is 0 Å². The van der Waals surface area contributed by atoms with Crippen LogP contribution < -0.4 is 5.73 Å². The number of halogens is 3. The summed E-state index contributed by atoms with van der Waals surface area (Å²) >= 11 is 2.78. The number of hydrogen-bond acceptors (Lipinski definition) is 4. The van der Waals surface area contributed by atoms with Crippen LogP contribution >= 0.6 is 15.9 Å². The minimum atomic E-state index is -2.87. The van der Waals surface area contributed by atoms with Crippen molar-refractivity contribution in [3.63, 3.8) is 0 Å². The van der Waals surface area contributed by atoms with Crippen molar-refractivity contribution in [2.24, 2.45) is 0 Å². The number of pyridine rings is 1. The maximum atomic E-state index is 12.3. The second-order valence-corrected chi connectivity index (χ2v) is 3.14. The topological polar surface area (TPSA) is 82.0 Å². The van der Waals surface area contributed by atoms with E-state index in [1.54, 1.807) is 0 Å². The van der Waals surface area contributed by atoms with E-state index in [4.69, 9.17) is 5.73 Å². The molecule has 0 bridgehead atoms. The quantitative estimate of drug-likeness (QED) is 0.506. The van der Waals surface area contributed by atoms with Crippen LogP contribution in [0.4, 0.5) is 20.3 Å². The highest BCUT2D eigenvalue weighted by Crippen LogP contribution is 2.32. The highest BCUT2D eigenvalue weighted by Gasteiger charge is 2.23. The van der Waals surface area contributed by atoms with E-state index < -0.39 is 28.4 Å². The number of anilines is 1. The van der Waals surface area contributed by atoms with Crippen molar-refractivity contribution in [1.82, 2.24) is 4.98 Å². The molecule has 0 saturated carbocycles. The van der Waals surface area contributed by atoms with E-state index in [1.807, 2.05) is 0 Å². The fraction of sp³-hybridized carbons (Fsp3) is 0.167. The molecule has 1 heterocycles. The SMILES string of the molecule is Nc1c(C(F)F)cc(Br)nc1[N+](=O)[O-]. The maximum absolute atomic E-state index is 12.3. The van der Waals surface area contributed by atoms with Crippen LogP contribution in [0.5, 0.6) is 0 Å². The lowest BCUT2D eigenvalue weighted by atomic mass is 10.2. The lowest BCUT2D eigenvalue weighted by molar-refractivity contribution is -0.388. The summed E-state index contributed by atoms with van der Waals surface area (Å²) in [5, 5.41) is 10.3. The molecule has 2 N–H and O–H groups in total. The van der Waals surface area contributed by atoms with E-state index in [9.17, 15) is 18.9 Å². The first-order chi connectivity index (χ1) is 6.43. The molecule has 0 unspecified atom stereocenters. The standard InChI is InChI=1S/C6H4BrF2N3O2/c7-3-1-2(5(8)9)4(10)6(11-3)12(13)14/h1,5H,10H2. The van der Waals surface area contributed by atoms with Crippen LogP contribution in [0.15, 0.2) is 10.7 Å². The Kier molecular flexibility index (Phi) is 2.94. The van der Waals surface area contributed by atoms with Gasteiger partial charge in [-0.1, -0.05) is 0 Å². The largest absolute Gasteiger partial charge is 0.391 e. The number of nitrogens with zero attached hydrogens (tertiary/aromatic N) is 2. The predicted molar refractivity (Wildman–Crippen MR) is 48.0 cm³/mol. The summed E-state index contributed by atoms with van der Waals surface area (Å²) in [5.41, 5.74) is 3.95. The number of nitro groups is 1. The number of rotatable bonds is 2. The van der Waals surface area contributed by atoms with Crippen LogP contribution in [-0.2, 0) is 0 Å². The van der Waals surface area contributed by atoms with E-state index >= 15 is 0 Å². The molecule has 0 aliphatic rings. The van der Waals surface area contributed by atoms with Crippen molar-refractivity contribution in [2.45, 2.75) is 6.43 Å². The van der Waals surface area contributed by atoms with Gasteiger partial charge in [0.05, 0.1) is 5.56 Å². The number of aromatic nitrogens is 1. The molecule has 0 aliphatic carbocycles. The molecular formula is C6H4BrF2N3O2. The van der Waals surface area contributed by atoms with Gasteiger partial charge in [0.15, 0.2) is 0 Å². The Bertz CT molecular complexity index is 386. The maximum Gasteiger partial charge on any atom is 0.388 e. The van der Waals surface area contributed by atoms with Gasteiger partial charge < -0.3 is 15.8 Å². The Balaban J connectivity index is 3.40. The van der Waals surface area contributed by atoms with Crippen LogP contribution in [0.1, 0.15) is 12.0 Å². The van der Waals surface area contributed by atoms with Gasteiger partial charge in [0.2, 0.25) is 4.60 Å². The average molecular weight is 268 g/mol. The van der Waals surface area contributed by atoms with Crippen LogP contribution in [0.25, 0.3) is 0 Å². The van der Waals surface area contributed by atoms with E-state index in [-0.39, 0.29) is 4.60 Å². The molecule has 1 rings (SSSR count). The minimum absolute atomic E-state index is 0.0475. The van der Waals surface area contributed by atoms with Gasteiger partial charge >= 0.3 is 5.82 Å². The Morgan fingerprint density at radius 3 is 2.64 bits per heavy atom. The summed E-state index contributed by atoms with van der Waals surface area (Å²) in [6.45, 7) is 0. The van der Waals surface area contributed by atoms with Gasteiger partial charge in [-0.15, -0.1) is 0 Å². The molecule has 14 heavy (non-hydrogen) atoms. The fourth-order valence-electron chi connectivity index (χ4n) is 0.849. The Hall–Kier alpha value is -1.31. The van der Waals surface area contributed by atoms with Crippen molar-refractivity contribution in [2.75, 3.05) is 5.73 Å². The molecule has 0 saturated heterocycles.